The molecule has 6 heteroatoms. The summed E-state index contributed by atoms with van der Waals surface area (Å²) in [6.45, 7) is 3.43. The Balaban J connectivity index is 0.00000264. The van der Waals surface area contributed by atoms with Gasteiger partial charge in [-0.25, -0.2) is 0 Å². The predicted octanol–water partition coefficient (Wildman–Crippen LogP) is 3.65. The molecule has 2 rings (SSSR count). The van der Waals surface area contributed by atoms with E-state index in [-0.39, 0.29) is 34.8 Å². The molecule has 1 aliphatic carbocycles. The Morgan fingerprint density at radius 3 is 2.61 bits per heavy atom. The van der Waals surface area contributed by atoms with Crippen LogP contribution in [0.4, 0.5) is 0 Å². The molecule has 0 amide bonds. The van der Waals surface area contributed by atoms with Crippen LogP contribution in [0.2, 0.25) is 0 Å². The van der Waals surface area contributed by atoms with Gasteiger partial charge in [0.1, 0.15) is 0 Å². The van der Waals surface area contributed by atoms with Crippen LogP contribution >= 0.6 is 35.7 Å². The minimum Gasteiger partial charge on any atom is -0.383 e. The summed E-state index contributed by atoms with van der Waals surface area (Å²) in [4.78, 5) is 5.92. The lowest BCUT2D eigenvalue weighted by Gasteiger charge is -2.27. The van der Waals surface area contributed by atoms with E-state index in [1.54, 1.807) is 7.11 Å². The molecule has 0 saturated heterocycles. The van der Waals surface area contributed by atoms with E-state index in [1.807, 2.05) is 18.7 Å². The zero-order valence-electron chi connectivity index (χ0n) is 14.0. The first-order chi connectivity index (χ1) is 10.6. The first-order valence-electron chi connectivity index (χ1n) is 7.93. The van der Waals surface area contributed by atoms with Gasteiger partial charge in [-0.2, -0.15) is 0 Å². The second-order valence-corrected chi connectivity index (χ2v) is 7.55. The van der Waals surface area contributed by atoms with Gasteiger partial charge in [0.05, 0.1) is 13.2 Å². The molecule has 1 aromatic rings. The molecule has 0 bridgehead atoms. The van der Waals surface area contributed by atoms with Crippen molar-refractivity contribution < 1.29 is 4.74 Å². The fourth-order valence-electron chi connectivity index (χ4n) is 2.87. The summed E-state index contributed by atoms with van der Waals surface area (Å²) in [5, 5.41) is 3.18. The maximum absolute atomic E-state index is 6.01. The van der Waals surface area contributed by atoms with E-state index < -0.39 is 0 Å². The lowest BCUT2D eigenvalue weighted by atomic mass is 10.1. The van der Waals surface area contributed by atoms with Crippen molar-refractivity contribution in [3.8, 4) is 0 Å². The summed E-state index contributed by atoms with van der Waals surface area (Å²) >= 11 is 1.95. The third kappa shape index (κ3) is 6.89. The van der Waals surface area contributed by atoms with Crippen molar-refractivity contribution in [2.24, 2.45) is 10.7 Å². The summed E-state index contributed by atoms with van der Waals surface area (Å²) < 4.78 is 5.30. The number of nitrogens with two attached hydrogens (primary N) is 1. The summed E-state index contributed by atoms with van der Waals surface area (Å²) in [5.41, 5.74) is 6.01. The van der Waals surface area contributed by atoms with Crippen molar-refractivity contribution >= 4 is 41.7 Å². The number of benzene rings is 1. The van der Waals surface area contributed by atoms with Gasteiger partial charge in [-0.1, -0.05) is 31.0 Å². The molecule has 0 aliphatic heterocycles. The Bertz CT molecular complexity index is 478. The number of methoxy groups -OCH3 is 1. The molecule has 23 heavy (non-hydrogen) atoms. The van der Waals surface area contributed by atoms with Crippen molar-refractivity contribution in [3.05, 3.63) is 30.3 Å². The van der Waals surface area contributed by atoms with Crippen LogP contribution in [-0.2, 0) is 4.74 Å². The molecule has 1 unspecified atom stereocenters. The Hall–Kier alpha value is -0.470. The quantitative estimate of drug-likeness (QED) is 0.379. The van der Waals surface area contributed by atoms with Gasteiger partial charge in [-0.3, -0.25) is 4.99 Å². The lowest BCUT2D eigenvalue weighted by molar-refractivity contribution is 0.179. The van der Waals surface area contributed by atoms with Crippen molar-refractivity contribution in [3.63, 3.8) is 0 Å². The number of ether oxygens (including phenoxy) is 1. The summed E-state index contributed by atoms with van der Waals surface area (Å²) in [6.07, 6.45) is 4.97. The van der Waals surface area contributed by atoms with Gasteiger partial charge >= 0.3 is 0 Å². The molecule has 0 radical (unpaired) electrons. The van der Waals surface area contributed by atoms with Gasteiger partial charge in [0.15, 0.2) is 5.96 Å². The Morgan fingerprint density at radius 1 is 1.35 bits per heavy atom. The molecular formula is C17H28IN3OS. The highest BCUT2D eigenvalue weighted by Crippen LogP contribution is 2.45. The third-order valence-corrected chi connectivity index (χ3v) is 5.42. The van der Waals surface area contributed by atoms with Crippen LogP contribution in [0.3, 0.4) is 0 Å². The SMILES string of the molecule is COCC(C)NC(N)=NCC1(Sc2ccccc2)CCCC1.I. The first-order valence-corrected chi connectivity index (χ1v) is 8.75. The molecule has 0 aromatic heterocycles. The standard InChI is InChI=1S/C17H27N3OS.HI/c1-14(12-21-2)20-16(18)19-13-17(10-6-7-11-17)22-15-8-4-3-5-9-15;/h3-5,8-9,14H,6-7,10-13H2,1-2H3,(H3,18,19,20);1H. The monoisotopic (exact) mass is 449 g/mol. The summed E-state index contributed by atoms with van der Waals surface area (Å²) in [7, 11) is 1.69. The van der Waals surface area contributed by atoms with Crippen LogP contribution in [0.5, 0.6) is 0 Å². The number of nitrogens with one attached hydrogen (secondary N) is 1. The molecule has 0 spiro atoms. The van der Waals surface area contributed by atoms with Crippen LogP contribution in [0.25, 0.3) is 0 Å². The number of guanidine groups is 1. The Kier molecular flexibility index (Phi) is 9.31. The van der Waals surface area contributed by atoms with Crippen LogP contribution in [0.15, 0.2) is 40.2 Å². The van der Waals surface area contributed by atoms with Gasteiger partial charge in [-0.15, -0.1) is 35.7 Å². The molecule has 1 fully saturated rings. The topological polar surface area (TPSA) is 59.6 Å². The second kappa shape index (κ2) is 10.4. The summed E-state index contributed by atoms with van der Waals surface area (Å²) in [5.74, 6) is 0.518. The third-order valence-electron chi connectivity index (χ3n) is 3.94. The number of aliphatic imine (C=N–C) groups is 1. The number of nitrogens with zero attached hydrogens (tertiary/aromatic N) is 1. The molecule has 0 heterocycles. The summed E-state index contributed by atoms with van der Waals surface area (Å²) in [6, 6.07) is 10.8. The normalized spacial score (nSPS) is 18.3. The fourth-order valence-corrected chi connectivity index (χ4v) is 4.28. The average Bonchev–Trinajstić information content (AvgIpc) is 2.95. The van der Waals surface area contributed by atoms with E-state index in [0.29, 0.717) is 12.6 Å². The Labute approximate surface area is 161 Å². The molecule has 1 aromatic carbocycles. The first kappa shape index (κ1) is 20.6. The van der Waals surface area contributed by atoms with E-state index in [1.165, 1.54) is 30.6 Å². The van der Waals surface area contributed by atoms with E-state index in [0.717, 1.165) is 6.54 Å². The van der Waals surface area contributed by atoms with E-state index in [2.05, 4.69) is 40.6 Å². The average molecular weight is 449 g/mol. The number of halogens is 1. The molecule has 130 valence electrons. The number of rotatable bonds is 7. The van der Waals surface area contributed by atoms with Crippen LogP contribution in [-0.4, -0.2) is 37.0 Å². The van der Waals surface area contributed by atoms with Gasteiger partial charge in [-0.05, 0) is 31.9 Å². The maximum Gasteiger partial charge on any atom is 0.188 e. The van der Waals surface area contributed by atoms with Crippen molar-refractivity contribution in [1.82, 2.24) is 5.32 Å². The van der Waals surface area contributed by atoms with E-state index >= 15 is 0 Å². The van der Waals surface area contributed by atoms with Gasteiger partial charge in [0.2, 0.25) is 0 Å². The molecule has 1 atom stereocenters. The number of hydrogen-bond acceptors (Lipinski definition) is 3. The highest BCUT2D eigenvalue weighted by molar-refractivity contribution is 14.0. The molecular weight excluding hydrogens is 421 g/mol. The zero-order valence-corrected chi connectivity index (χ0v) is 17.1. The molecule has 3 N–H and O–H groups in total. The number of hydrogen-bond donors (Lipinski definition) is 2. The van der Waals surface area contributed by atoms with Gasteiger partial charge in [0, 0.05) is 22.8 Å². The van der Waals surface area contributed by atoms with Crippen molar-refractivity contribution in [2.45, 2.75) is 48.3 Å². The van der Waals surface area contributed by atoms with Crippen LogP contribution < -0.4 is 11.1 Å². The van der Waals surface area contributed by atoms with Gasteiger partial charge in [0.25, 0.3) is 0 Å². The molecule has 1 saturated carbocycles. The largest absolute Gasteiger partial charge is 0.383 e. The molecule has 4 nitrogen and oxygen atoms in total. The number of thioether (sulfide) groups is 1. The van der Waals surface area contributed by atoms with Crippen molar-refractivity contribution in [2.75, 3.05) is 20.3 Å². The van der Waals surface area contributed by atoms with Gasteiger partial charge < -0.3 is 15.8 Å². The maximum atomic E-state index is 6.01. The Morgan fingerprint density at radius 2 is 2.00 bits per heavy atom. The van der Waals surface area contributed by atoms with Crippen molar-refractivity contribution in [1.29, 1.82) is 0 Å². The van der Waals surface area contributed by atoms with E-state index in [4.69, 9.17) is 10.5 Å². The molecule has 1 aliphatic rings. The lowest BCUT2D eigenvalue weighted by Crippen LogP contribution is -2.41. The highest BCUT2D eigenvalue weighted by atomic mass is 127. The second-order valence-electron chi connectivity index (χ2n) is 6.01. The minimum atomic E-state index is 0. The van der Waals surface area contributed by atoms with E-state index in [9.17, 15) is 0 Å². The zero-order chi connectivity index (χ0) is 15.8. The minimum absolute atomic E-state index is 0. The van der Waals surface area contributed by atoms with Crippen LogP contribution in [0, 0.1) is 0 Å². The van der Waals surface area contributed by atoms with Crippen LogP contribution in [0.1, 0.15) is 32.6 Å². The highest BCUT2D eigenvalue weighted by Gasteiger charge is 2.34. The fraction of sp³-hybridized carbons (Fsp3) is 0.588. The predicted molar refractivity (Wildman–Crippen MR) is 110 cm³/mol. The smallest absolute Gasteiger partial charge is 0.188 e.